The van der Waals surface area contributed by atoms with Gasteiger partial charge in [0.1, 0.15) is 0 Å². The molecule has 0 radical (unpaired) electrons. The van der Waals surface area contributed by atoms with Crippen LogP contribution in [-0.4, -0.2) is 20.0 Å². The van der Waals surface area contributed by atoms with Crippen LogP contribution in [0.4, 0.5) is 0 Å². The monoisotopic (exact) mass is 376 g/mol. The Morgan fingerprint density at radius 1 is 1.04 bits per heavy atom. The molecule has 0 saturated carbocycles. The second kappa shape index (κ2) is 7.58. The van der Waals surface area contributed by atoms with Crippen molar-refractivity contribution in [1.82, 2.24) is 14.8 Å². The molecule has 0 amide bonds. The molecule has 4 nitrogen and oxygen atoms in total. The van der Waals surface area contributed by atoms with E-state index in [0.717, 1.165) is 27.8 Å². The van der Waals surface area contributed by atoms with E-state index in [-0.39, 0.29) is 10.7 Å². The summed E-state index contributed by atoms with van der Waals surface area (Å²) in [4.78, 5) is 0. The summed E-state index contributed by atoms with van der Waals surface area (Å²) in [6.45, 7) is 10.6. The third kappa shape index (κ3) is 4.06. The summed E-state index contributed by atoms with van der Waals surface area (Å²) in [6.07, 6.45) is 0. The van der Waals surface area contributed by atoms with Crippen molar-refractivity contribution in [1.29, 1.82) is 5.26 Å². The molecule has 0 spiro atoms. The van der Waals surface area contributed by atoms with E-state index in [4.69, 9.17) is 0 Å². The summed E-state index contributed by atoms with van der Waals surface area (Å²) >= 11 is 1.42. The molecule has 27 heavy (non-hydrogen) atoms. The van der Waals surface area contributed by atoms with Crippen LogP contribution in [0.25, 0.3) is 17.1 Å². The second-order valence-electron chi connectivity index (χ2n) is 7.64. The van der Waals surface area contributed by atoms with Gasteiger partial charge >= 0.3 is 0 Å². The standard InChI is InChI=1S/C22H24N4S/c1-15-8-6-7-9-19(15)26-20(24-25-21(26)27-16(2)14-23)17-10-12-18(13-11-17)22(3,4)5/h6-13,16H,1-5H3/t16-/m0/s1. The van der Waals surface area contributed by atoms with Crippen LogP contribution in [0.2, 0.25) is 0 Å². The van der Waals surface area contributed by atoms with Gasteiger partial charge in [-0.25, -0.2) is 0 Å². The highest BCUT2D eigenvalue weighted by molar-refractivity contribution is 8.00. The maximum absolute atomic E-state index is 9.21. The molecule has 0 N–H and O–H groups in total. The number of thioether (sulfide) groups is 1. The molecule has 0 bridgehead atoms. The van der Waals surface area contributed by atoms with Crippen LogP contribution in [0.15, 0.2) is 53.7 Å². The van der Waals surface area contributed by atoms with E-state index in [1.807, 2.05) is 19.1 Å². The average molecular weight is 377 g/mol. The molecule has 3 rings (SSSR count). The Balaban J connectivity index is 2.14. The van der Waals surface area contributed by atoms with E-state index in [0.29, 0.717) is 0 Å². The lowest BCUT2D eigenvalue weighted by Gasteiger charge is -2.19. The van der Waals surface area contributed by atoms with E-state index in [1.54, 1.807) is 0 Å². The van der Waals surface area contributed by atoms with Crippen molar-refractivity contribution < 1.29 is 0 Å². The van der Waals surface area contributed by atoms with Crippen molar-refractivity contribution >= 4 is 11.8 Å². The topological polar surface area (TPSA) is 54.5 Å². The largest absolute Gasteiger partial charge is 0.270 e. The first-order valence-electron chi connectivity index (χ1n) is 9.00. The van der Waals surface area contributed by atoms with Crippen LogP contribution in [0.5, 0.6) is 0 Å². The van der Waals surface area contributed by atoms with Crippen LogP contribution in [-0.2, 0) is 5.41 Å². The predicted octanol–water partition coefficient (Wildman–Crippen LogP) is 5.54. The Morgan fingerprint density at radius 2 is 1.70 bits per heavy atom. The summed E-state index contributed by atoms with van der Waals surface area (Å²) in [5.74, 6) is 0.789. The third-order valence-electron chi connectivity index (χ3n) is 4.46. The Bertz CT molecular complexity index is 975. The number of nitriles is 1. The summed E-state index contributed by atoms with van der Waals surface area (Å²) in [6, 6.07) is 18.9. The Kier molecular flexibility index (Phi) is 5.38. The Morgan fingerprint density at radius 3 is 2.30 bits per heavy atom. The van der Waals surface area contributed by atoms with Gasteiger partial charge in [0.2, 0.25) is 0 Å². The average Bonchev–Trinajstić information content (AvgIpc) is 3.04. The molecule has 1 aromatic heterocycles. The molecule has 0 aliphatic heterocycles. The van der Waals surface area contributed by atoms with Crippen LogP contribution < -0.4 is 0 Å². The maximum Gasteiger partial charge on any atom is 0.197 e. The first-order valence-corrected chi connectivity index (χ1v) is 9.88. The van der Waals surface area contributed by atoms with Gasteiger partial charge < -0.3 is 0 Å². The fourth-order valence-electron chi connectivity index (χ4n) is 2.87. The van der Waals surface area contributed by atoms with Gasteiger partial charge in [0.05, 0.1) is 17.0 Å². The van der Waals surface area contributed by atoms with Gasteiger partial charge in [-0.2, -0.15) is 5.26 Å². The van der Waals surface area contributed by atoms with E-state index in [2.05, 4.69) is 84.9 Å². The molecule has 1 heterocycles. The predicted molar refractivity (Wildman–Crippen MR) is 111 cm³/mol. The number of hydrogen-bond acceptors (Lipinski definition) is 4. The van der Waals surface area contributed by atoms with Crippen LogP contribution in [0.3, 0.4) is 0 Å². The number of nitrogens with zero attached hydrogens (tertiary/aromatic N) is 4. The smallest absolute Gasteiger partial charge is 0.197 e. The third-order valence-corrected chi connectivity index (χ3v) is 5.40. The number of aromatic nitrogens is 3. The highest BCUT2D eigenvalue weighted by Crippen LogP contribution is 2.32. The quantitative estimate of drug-likeness (QED) is 0.561. The Hall–Kier alpha value is -2.58. The van der Waals surface area contributed by atoms with E-state index in [9.17, 15) is 5.26 Å². The summed E-state index contributed by atoms with van der Waals surface area (Å²) < 4.78 is 2.06. The molecular weight excluding hydrogens is 352 g/mol. The summed E-state index contributed by atoms with van der Waals surface area (Å²) in [5, 5.41) is 18.6. The minimum atomic E-state index is -0.201. The lowest BCUT2D eigenvalue weighted by molar-refractivity contribution is 0.590. The Labute approximate surface area is 165 Å². The highest BCUT2D eigenvalue weighted by atomic mass is 32.2. The highest BCUT2D eigenvalue weighted by Gasteiger charge is 2.20. The fourth-order valence-corrected chi connectivity index (χ4v) is 3.62. The van der Waals surface area contributed by atoms with Crippen molar-refractivity contribution in [2.45, 2.75) is 50.4 Å². The molecule has 0 aliphatic rings. The number of para-hydroxylation sites is 1. The number of benzene rings is 2. The zero-order valence-corrected chi connectivity index (χ0v) is 17.2. The van der Waals surface area contributed by atoms with E-state index >= 15 is 0 Å². The first-order chi connectivity index (χ1) is 12.8. The normalized spacial score (nSPS) is 12.6. The zero-order valence-electron chi connectivity index (χ0n) is 16.4. The fraction of sp³-hybridized carbons (Fsp3) is 0.318. The van der Waals surface area contributed by atoms with Gasteiger partial charge in [0.25, 0.3) is 0 Å². The molecular formula is C22H24N4S. The lowest BCUT2D eigenvalue weighted by Crippen LogP contribution is -2.10. The molecule has 2 aromatic carbocycles. The van der Waals surface area contributed by atoms with Crippen molar-refractivity contribution in [3.8, 4) is 23.1 Å². The van der Waals surface area contributed by atoms with Gasteiger partial charge in [-0.15, -0.1) is 10.2 Å². The lowest BCUT2D eigenvalue weighted by atomic mass is 9.87. The summed E-state index contributed by atoms with van der Waals surface area (Å²) in [7, 11) is 0. The molecule has 5 heteroatoms. The van der Waals surface area contributed by atoms with Crippen molar-refractivity contribution in [3.63, 3.8) is 0 Å². The van der Waals surface area contributed by atoms with Gasteiger partial charge in [0.15, 0.2) is 11.0 Å². The number of hydrogen-bond donors (Lipinski definition) is 0. The number of rotatable bonds is 4. The minimum Gasteiger partial charge on any atom is -0.270 e. The second-order valence-corrected chi connectivity index (χ2v) is 8.95. The summed E-state index contributed by atoms with van der Waals surface area (Å²) in [5.41, 5.74) is 4.56. The molecule has 0 aliphatic carbocycles. The molecule has 0 unspecified atom stereocenters. The SMILES string of the molecule is Cc1ccccc1-n1c(S[C@@H](C)C#N)nnc1-c1ccc(C(C)(C)C)cc1. The van der Waals surface area contributed by atoms with Gasteiger partial charge in [0, 0.05) is 5.56 Å². The molecule has 0 fully saturated rings. The van der Waals surface area contributed by atoms with Crippen LogP contribution >= 0.6 is 11.8 Å². The van der Waals surface area contributed by atoms with Gasteiger partial charge in [-0.05, 0) is 36.5 Å². The van der Waals surface area contributed by atoms with Crippen LogP contribution in [0, 0.1) is 18.3 Å². The van der Waals surface area contributed by atoms with Crippen molar-refractivity contribution in [2.75, 3.05) is 0 Å². The molecule has 1 atom stereocenters. The zero-order chi connectivity index (χ0) is 19.6. The van der Waals surface area contributed by atoms with Gasteiger partial charge in [-0.1, -0.05) is 75.0 Å². The molecule has 138 valence electrons. The van der Waals surface area contributed by atoms with Crippen molar-refractivity contribution in [3.05, 3.63) is 59.7 Å². The number of aryl methyl sites for hydroxylation is 1. The molecule has 0 saturated heterocycles. The van der Waals surface area contributed by atoms with Crippen molar-refractivity contribution in [2.24, 2.45) is 0 Å². The molecule has 3 aromatic rings. The maximum atomic E-state index is 9.21. The van der Waals surface area contributed by atoms with Gasteiger partial charge in [-0.3, -0.25) is 4.57 Å². The first kappa shape index (κ1) is 19.2. The minimum absolute atomic E-state index is 0.103. The van der Waals surface area contributed by atoms with E-state index < -0.39 is 0 Å². The van der Waals surface area contributed by atoms with E-state index in [1.165, 1.54) is 17.3 Å². The van der Waals surface area contributed by atoms with Crippen LogP contribution in [0.1, 0.15) is 38.8 Å².